The van der Waals surface area contributed by atoms with E-state index in [1.54, 1.807) is 41.3 Å². The molecule has 10 heteroatoms. The lowest BCUT2D eigenvalue weighted by molar-refractivity contribution is 0.198. The van der Waals surface area contributed by atoms with Crippen molar-refractivity contribution in [2.45, 2.75) is 56.6 Å². The summed E-state index contributed by atoms with van der Waals surface area (Å²) in [6.07, 6.45) is -0.628. The van der Waals surface area contributed by atoms with E-state index in [1.165, 1.54) is 16.4 Å². The zero-order chi connectivity index (χ0) is 24.6. The molecule has 33 heavy (non-hydrogen) atoms. The van der Waals surface area contributed by atoms with Crippen LogP contribution in [0.3, 0.4) is 0 Å². The topological polar surface area (TPSA) is 87.1 Å². The van der Waals surface area contributed by atoms with Gasteiger partial charge in [-0.05, 0) is 51.0 Å². The molecule has 1 heterocycles. The SMILES string of the molecule is Cc1ccc(S(=O)(=O)N=C(CCl)N2[C@@H](C)CN(S(=O)(=O)c3ccc(C)cc3)[C@H]2C(C)C)cc1. The summed E-state index contributed by atoms with van der Waals surface area (Å²) in [5.74, 6) is -0.187. The van der Waals surface area contributed by atoms with Crippen LogP contribution in [0.5, 0.6) is 0 Å². The molecule has 0 aromatic heterocycles. The highest BCUT2D eigenvalue weighted by molar-refractivity contribution is 7.90. The third-order valence-corrected chi connectivity index (χ3v) is 9.09. The van der Waals surface area contributed by atoms with E-state index in [0.717, 1.165) is 11.1 Å². The minimum Gasteiger partial charge on any atom is -0.337 e. The van der Waals surface area contributed by atoms with Crippen molar-refractivity contribution >= 4 is 37.5 Å². The van der Waals surface area contributed by atoms with Crippen LogP contribution in [0.25, 0.3) is 0 Å². The Labute approximate surface area is 202 Å². The molecule has 0 bridgehead atoms. The van der Waals surface area contributed by atoms with Crippen LogP contribution in [0.15, 0.2) is 62.7 Å². The van der Waals surface area contributed by atoms with Gasteiger partial charge in [-0.25, -0.2) is 8.42 Å². The van der Waals surface area contributed by atoms with Crippen LogP contribution >= 0.6 is 11.6 Å². The molecule has 0 saturated carbocycles. The number of sulfonamides is 2. The summed E-state index contributed by atoms with van der Waals surface area (Å²) in [6, 6.07) is 12.8. The van der Waals surface area contributed by atoms with Gasteiger partial charge in [-0.15, -0.1) is 16.0 Å². The van der Waals surface area contributed by atoms with E-state index in [2.05, 4.69) is 4.40 Å². The van der Waals surface area contributed by atoms with Crippen LogP contribution in [0.4, 0.5) is 0 Å². The van der Waals surface area contributed by atoms with Gasteiger partial charge in [0, 0.05) is 12.6 Å². The summed E-state index contributed by atoms with van der Waals surface area (Å²) in [5, 5.41) is 0. The molecule has 2 aromatic carbocycles. The van der Waals surface area contributed by atoms with Gasteiger partial charge < -0.3 is 4.90 Å². The van der Waals surface area contributed by atoms with E-state index in [4.69, 9.17) is 11.6 Å². The molecule has 0 unspecified atom stereocenters. The van der Waals surface area contributed by atoms with Crippen molar-refractivity contribution in [1.29, 1.82) is 0 Å². The van der Waals surface area contributed by atoms with Crippen molar-refractivity contribution < 1.29 is 16.8 Å². The van der Waals surface area contributed by atoms with Crippen LogP contribution in [0.1, 0.15) is 31.9 Å². The summed E-state index contributed by atoms with van der Waals surface area (Å²) in [4.78, 5) is 1.99. The van der Waals surface area contributed by atoms with Crippen molar-refractivity contribution in [2.24, 2.45) is 10.3 Å². The smallest absolute Gasteiger partial charge is 0.283 e. The molecule has 1 fully saturated rings. The van der Waals surface area contributed by atoms with Crippen molar-refractivity contribution in [3.8, 4) is 0 Å². The molecule has 0 aliphatic carbocycles. The number of benzene rings is 2. The average Bonchev–Trinajstić information content (AvgIpc) is 3.11. The van der Waals surface area contributed by atoms with E-state index in [9.17, 15) is 16.8 Å². The Morgan fingerprint density at radius 1 is 0.970 bits per heavy atom. The highest BCUT2D eigenvalue weighted by atomic mass is 35.5. The predicted octanol–water partition coefficient (Wildman–Crippen LogP) is 4.01. The highest BCUT2D eigenvalue weighted by Crippen LogP contribution is 2.33. The van der Waals surface area contributed by atoms with E-state index in [-0.39, 0.29) is 40.0 Å². The minimum absolute atomic E-state index is 0.0628. The maximum absolute atomic E-state index is 13.5. The molecule has 7 nitrogen and oxygen atoms in total. The Morgan fingerprint density at radius 3 is 1.91 bits per heavy atom. The molecule has 180 valence electrons. The number of alkyl halides is 1. The van der Waals surface area contributed by atoms with Gasteiger partial charge in [0.2, 0.25) is 10.0 Å². The van der Waals surface area contributed by atoms with Crippen LogP contribution in [0, 0.1) is 19.8 Å². The van der Waals surface area contributed by atoms with Crippen molar-refractivity contribution in [1.82, 2.24) is 9.21 Å². The zero-order valence-electron chi connectivity index (χ0n) is 19.4. The van der Waals surface area contributed by atoms with Crippen molar-refractivity contribution in [3.05, 3.63) is 59.7 Å². The standard InChI is InChI=1S/C23H30ClN3O4S2/c1-16(2)23-26(33(30,31)21-12-8-18(4)9-13-21)15-19(5)27(23)22(14-24)25-32(28,29)20-10-6-17(3)7-11-20/h6-13,16,19,23H,14-15H2,1-5H3/t19-,23+/m0/s1. The summed E-state index contributed by atoms with van der Waals surface area (Å²) in [5.41, 5.74) is 1.89. The number of nitrogens with zero attached hydrogens (tertiary/aromatic N) is 3. The van der Waals surface area contributed by atoms with Gasteiger partial charge in [-0.3, -0.25) is 0 Å². The lowest BCUT2D eigenvalue weighted by Gasteiger charge is -2.35. The summed E-state index contributed by atoms with van der Waals surface area (Å²) < 4.78 is 58.5. The molecule has 2 atom stereocenters. The quantitative estimate of drug-likeness (QED) is 0.332. The molecule has 1 aliphatic rings. The molecule has 0 N–H and O–H groups in total. The van der Waals surface area contributed by atoms with Gasteiger partial charge in [-0.1, -0.05) is 49.2 Å². The molecule has 3 rings (SSSR count). The Morgan fingerprint density at radius 2 is 1.45 bits per heavy atom. The minimum atomic E-state index is -4.01. The monoisotopic (exact) mass is 511 g/mol. The third kappa shape index (κ3) is 5.26. The van der Waals surface area contributed by atoms with Gasteiger partial charge in [0.1, 0.15) is 12.0 Å². The first kappa shape index (κ1) is 25.7. The number of hydrogen-bond donors (Lipinski definition) is 0. The number of halogens is 1. The Balaban J connectivity index is 2.04. The maximum atomic E-state index is 13.5. The first-order valence-corrected chi connectivity index (χ1v) is 14.1. The second kappa shape index (κ2) is 9.74. The number of amidine groups is 1. The van der Waals surface area contributed by atoms with Crippen molar-refractivity contribution in [3.63, 3.8) is 0 Å². The first-order chi connectivity index (χ1) is 15.4. The molecule has 0 radical (unpaired) electrons. The average molecular weight is 512 g/mol. The van der Waals surface area contributed by atoms with E-state index >= 15 is 0 Å². The Hall–Kier alpha value is -1.94. The predicted molar refractivity (Wildman–Crippen MR) is 132 cm³/mol. The fourth-order valence-electron chi connectivity index (χ4n) is 4.04. The normalized spacial score (nSPS) is 20.6. The Kier molecular flexibility index (Phi) is 7.58. The van der Waals surface area contributed by atoms with E-state index in [0.29, 0.717) is 0 Å². The molecule has 1 aliphatic heterocycles. The number of rotatable bonds is 6. The summed E-state index contributed by atoms with van der Waals surface area (Å²) >= 11 is 6.19. The Bertz CT molecular complexity index is 1230. The summed E-state index contributed by atoms with van der Waals surface area (Å²) in [7, 11) is -7.83. The third-order valence-electron chi connectivity index (χ3n) is 5.68. The molecular weight excluding hydrogens is 482 g/mol. The molecule has 2 aromatic rings. The van der Waals surface area contributed by atoms with Gasteiger partial charge in [0.05, 0.1) is 15.7 Å². The fourth-order valence-corrected chi connectivity index (χ4v) is 7.13. The van der Waals surface area contributed by atoms with Crippen molar-refractivity contribution in [2.75, 3.05) is 12.4 Å². The lowest BCUT2D eigenvalue weighted by atomic mass is 10.1. The largest absolute Gasteiger partial charge is 0.337 e. The maximum Gasteiger partial charge on any atom is 0.283 e. The van der Waals surface area contributed by atoms with Crippen LogP contribution in [-0.2, 0) is 20.0 Å². The van der Waals surface area contributed by atoms with Gasteiger partial charge >= 0.3 is 0 Å². The lowest BCUT2D eigenvalue weighted by Crippen LogP contribution is -2.49. The van der Waals surface area contributed by atoms with Crippen LogP contribution in [-0.4, -0.2) is 56.5 Å². The van der Waals surface area contributed by atoms with Gasteiger partial charge in [-0.2, -0.15) is 12.7 Å². The van der Waals surface area contributed by atoms with Gasteiger partial charge in [0.25, 0.3) is 10.0 Å². The molecule has 0 amide bonds. The second-order valence-electron chi connectivity index (χ2n) is 8.73. The first-order valence-electron chi connectivity index (χ1n) is 10.7. The summed E-state index contributed by atoms with van der Waals surface area (Å²) in [6.45, 7) is 9.60. The fraction of sp³-hybridized carbons (Fsp3) is 0.435. The van der Waals surface area contributed by atoms with E-state index in [1.807, 2.05) is 34.6 Å². The van der Waals surface area contributed by atoms with Gasteiger partial charge in [0.15, 0.2) is 0 Å². The number of hydrogen-bond acceptors (Lipinski definition) is 4. The highest BCUT2D eigenvalue weighted by Gasteiger charge is 2.46. The molecular formula is C23H30ClN3O4S2. The molecule has 0 spiro atoms. The van der Waals surface area contributed by atoms with E-state index < -0.39 is 26.2 Å². The van der Waals surface area contributed by atoms with Crippen LogP contribution in [0.2, 0.25) is 0 Å². The number of aryl methyl sites for hydroxylation is 2. The second-order valence-corrected chi connectivity index (χ2v) is 12.5. The molecule has 1 saturated heterocycles. The van der Waals surface area contributed by atoms with Crippen LogP contribution < -0.4 is 0 Å². The zero-order valence-corrected chi connectivity index (χ0v) is 21.8.